The molecular weight excluding hydrogens is 128 g/mol. The third-order valence-corrected chi connectivity index (χ3v) is 0.994. The third-order valence-electron chi connectivity index (χ3n) is 0.994. The molecule has 2 heteroatoms. The molecule has 0 saturated carbocycles. The van der Waals surface area contributed by atoms with E-state index in [-0.39, 0.29) is 5.92 Å². The molecule has 62 valence electrons. The molecule has 0 spiro atoms. The molecule has 0 unspecified atom stereocenters. The van der Waals surface area contributed by atoms with Gasteiger partial charge in [-0.25, -0.2) is 0 Å². The Balaban J connectivity index is 0. The highest BCUT2D eigenvalue weighted by molar-refractivity contribution is 5.68. The third kappa shape index (κ3) is 15.6. The second-order valence-corrected chi connectivity index (χ2v) is 2.49. The highest BCUT2D eigenvalue weighted by Gasteiger charge is 1.99. The van der Waals surface area contributed by atoms with Crippen molar-refractivity contribution >= 4 is 5.97 Å². The predicted octanol–water partition coefficient (Wildman–Crippen LogP) is 2.53. The summed E-state index contributed by atoms with van der Waals surface area (Å²) in [6, 6.07) is 0. The summed E-state index contributed by atoms with van der Waals surface area (Å²) in [4.78, 5) is 9.70. The molecule has 0 fully saturated rings. The summed E-state index contributed by atoms with van der Waals surface area (Å²) in [5.74, 6) is -0.972. The zero-order valence-corrected chi connectivity index (χ0v) is 7.35. The van der Waals surface area contributed by atoms with Gasteiger partial charge in [-0.3, -0.25) is 4.79 Å². The SMILES string of the molecule is CC(C)C(=O)O.CCCC. The molecule has 0 aromatic carbocycles. The van der Waals surface area contributed by atoms with Crippen LogP contribution in [0.4, 0.5) is 0 Å². The molecule has 0 heterocycles. The van der Waals surface area contributed by atoms with Crippen LogP contribution in [0, 0.1) is 5.92 Å². The lowest BCUT2D eigenvalue weighted by Crippen LogP contribution is -2.03. The van der Waals surface area contributed by atoms with E-state index in [0.29, 0.717) is 0 Å². The predicted molar refractivity (Wildman–Crippen MR) is 43.1 cm³/mol. The van der Waals surface area contributed by atoms with Crippen molar-refractivity contribution in [3.05, 3.63) is 0 Å². The maximum Gasteiger partial charge on any atom is 0.305 e. The van der Waals surface area contributed by atoms with Crippen LogP contribution in [0.5, 0.6) is 0 Å². The summed E-state index contributed by atoms with van der Waals surface area (Å²) in [6.45, 7) is 7.64. The molecule has 0 aliphatic rings. The Labute approximate surface area is 63.3 Å². The van der Waals surface area contributed by atoms with Crippen molar-refractivity contribution in [3.8, 4) is 0 Å². The van der Waals surface area contributed by atoms with E-state index >= 15 is 0 Å². The highest BCUT2D eigenvalue weighted by atomic mass is 16.4. The fourth-order valence-corrected chi connectivity index (χ4v) is 0. The molecule has 0 radical (unpaired) electrons. The molecule has 0 atom stereocenters. The molecule has 0 aliphatic heterocycles. The maximum absolute atomic E-state index is 9.70. The second-order valence-electron chi connectivity index (χ2n) is 2.49. The number of hydrogen-bond donors (Lipinski definition) is 1. The molecule has 0 aromatic heterocycles. The number of aliphatic carboxylic acids is 1. The number of unbranched alkanes of at least 4 members (excludes halogenated alkanes) is 1. The lowest BCUT2D eigenvalue weighted by Gasteiger charge is -1.89. The van der Waals surface area contributed by atoms with Gasteiger partial charge in [0.2, 0.25) is 0 Å². The summed E-state index contributed by atoms with van der Waals surface area (Å²) in [7, 11) is 0. The molecule has 0 aliphatic carbocycles. The van der Waals surface area contributed by atoms with Crippen LogP contribution in [0.3, 0.4) is 0 Å². The van der Waals surface area contributed by atoms with Crippen molar-refractivity contribution in [2.75, 3.05) is 0 Å². The first-order valence-corrected chi connectivity index (χ1v) is 3.79. The summed E-state index contributed by atoms with van der Waals surface area (Å²) in [5, 5.41) is 7.99. The summed E-state index contributed by atoms with van der Waals surface area (Å²) in [6.07, 6.45) is 2.64. The van der Waals surface area contributed by atoms with Gasteiger partial charge in [0.1, 0.15) is 0 Å². The van der Waals surface area contributed by atoms with Crippen LogP contribution in [0.1, 0.15) is 40.5 Å². The van der Waals surface area contributed by atoms with E-state index in [1.165, 1.54) is 12.8 Å². The van der Waals surface area contributed by atoms with Gasteiger partial charge in [-0.15, -0.1) is 0 Å². The lowest BCUT2D eigenvalue weighted by atomic mass is 10.2. The first kappa shape index (κ1) is 12.2. The van der Waals surface area contributed by atoms with E-state index < -0.39 is 5.97 Å². The summed E-state index contributed by atoms with van der Waals surface area (Å²) in [5.41, 5.74) is 0. The second kappa shape index (κ2) is 8.47. The Morgan fingerprint density at radius 3 is 1.50 bits per heavy atom. The first-order chi connectivity index (χ1) is 4.56. The average molecular weight is 146 g/mol. The molecule has 0 rings (SSSR count). The highest BCUT2D eigenvalue weighted by Crippen LogP contribution is 1.87. The van der Waals surface area contributed by atoms with Gasteiger partial charge in [0.15, 0.2) is 0 Å². The van der Waals surface area contributed by atoms with Crippen LogP contribution in [0.25, 0.3) is 0 Å². The molecule has 0 bridgehead atoms. The molecule has 10 heavy (non-hydrogen) atoms. The maximum atomic E-state index is 9.70. The summed E-state index contributed by atoms with van der Waals surface area (Å²) < 4.78 is 0. The number of carbonyl (C=O) groups is 1. The quantitative estimate of drug-likeness (QED) is 0.650. The van der Waals surface area contributed by atoms with Crippen LogP contribution >= 0.6 is 0 Å². The number of rotatable bonds is 2. The molecule has 0 aromatic rings. The Hall–Kier alpha value is -0.530. The van der Waals surface area contributed by atoms with E-state index in [0.717, 1.165) is 0 Å². The Morgan fingerprint density at radius 1 is 1.30 bits per heavy atom. The summed E-state index contributed by atoms with van der Waals surface area (Å²) >= 11 is 0. The van der Waals surface area contributed by atoms with E-state index in [4.69, 9.17) is 5.11 Å². The van der Waals surface area contributed by atoms with Crippen LogP contribution in [0.2, 0.25) is 0 Å². The van der Waals surface area contributed by atoms with Gasteiger partial charge < -0.3 is 5.11 Å². The minimum atomic E-state index is -0.741. The monoisotopic (exact) mass is 146 g/mol. The van der Waals surface area contributed by atoms with Gasteiger partial charge in [0.25, 0.3) is 0 Å². The normalized spacial score (nSPS) is 8.50. The van der Waals surface area contributed by atoms with E-state index in [9.17, 15) is 4.79 Å². The standard InChI is InChI=1S/C4H8O2.C4H10/c1-3(2)4(5)6;1-3-4-2/h3H,1-2H3,(H,5,6);3-4H2,1-2H3. The van der Waals surface area contributed by atoms with E-state index in [1.54, 1.807) is 13.8 Å². The lowest BCUT2D eigenvalue weighted by molar-refractivity contribution is -0.140. The van der Waals surface area contributed by atoms with E-state index in [2.05, 4.69) is 13.8 Å². The fourth-order valence-electron chi connectivity index (χ4n) is 0. The molecule has 2 nitrogen and oxygen atoms in total. The van der Waals surface area contributed by atoms with Crippen LogP contribution < -0.4 is 0 Å². The van der Waals surface area contributed by atoms with Crippen LogP contribution in [0.15, 0.2) is 0 Å². The minimum absolute atomic E-state index is 0.231. The molecule has 0 saturated heterocycles. The van der Waals surface area contributed by atoms with Crippen molar-refractivity contribution in [1.82, 2.24) is 0 Å². The molecular formula is C8H18O2. The number of carboxylic acid groups (broad SMARTS) is 1. The number of hydrogen-bond acceptors (Lipinski definition) is 1. The van der Waals surface area contributed by atoms with Gasteiger partial charge in [0, 0.05) is 0 Å². The average Bonchev–Trinajstić information content (AvgIpc) is 1.89. The number of carboxylic acids is 1. The minimum Gasteiger partial charge on any atom is -0.481 e. The topological polar surface area (TPSA) is 37.3 Å². The first-order valence-electron chi connectivity index (χ1n) is 3.79. The smallest absolute Gasteiger partial charge is 0.305 e. The van der Waals surface area contributed by atoms with Crippen molar-refractivity contribution in [3.63, 3.8) is 0 Å². The van der Waals surface area contributed by atoms with Gasteiger partial charge in [0.05, 0.1) is 5.92 Å². The van der Waals surface area contributed by atoms with Crippen LogP contribution in [-0.4, -0.2) is 11.1 Å². The Kier molecular flexibility index (Phi) is 10.3. The Morgan fingerprint density at radius 2 is 1.50 bits per heavy atom. The van der Waals surface area contributed by atoms with Gasteiger partial charge >= 0.3 is 5.97 Å². The van der Waals surface area contributed by atoms with Crippen molar-refractivity contribution in [1.29, 1.82) is 0 Å². The van der Waals surface area contributed by atoms with Gasteiger partial charge in [-0.05, 0) is 0 Å². The van der Waals surface area contributed by atoms with Crippen LogP contribution in [-0.2, 0) is 4.79 Å². The van der Waals surface area contributed by atoms with Crippen molar-refractivity contribution < 1.29 is 9.90 Å². The molecule has 1 N–H and O–H groups in total. The zero-order valence-electron chi connectivity index (χ0n) is 7.35. The fraction of sp³-hybridized carbons (Fsp3) is 0.875. The van der Waals surface area contributed by atoms with Crippen molar-refractivity contribution in [2.45, 2.75) is 40.5 Å². The van der Waals surface area contributed by atoms with Gasteiger partial charge in [-0.2, -0.15) is 0 Å². The van der Waals surface area contributed by atoms with Crippen molar-refractivity contribution in [2.24, 2.45) is 5.92 Å². The Bertz CT molecular complexity index is 75.3. The zero-order chi connectivity index (χ0) is 8.57. The van der Waals surface area contributed by atoms with E-state index in [1.807, 2.05) is 0 Å². The largest absolute Gasteiger partial charge is 0.481 e. The van der Waals surface area contributed by atoms with Gasteiger partial charge in [-0.1, -0.05) is 40.5 Å². The molecule has 0 amide bonds.